The van der Waals surface area contributed by atoms with Gasteiger partial charge in [0.25, 0.3) is 0 Å². The van der Waals surface area contributed by atoms with Crippen molar-refractivity contribution in [2.45, 2.75) is 52.4 Å². The largest absolute Gasteiger partial charge is 0.435 e. The molecule has 1 heterocycles. The molecule has 0 N–H and O–H groups in total. The minimum Gasteiger partial charge on any atom is -0.435 e. The van der Waals surface area contributed by atoms with E-state index in [2.05, 4.69) is 27.2 Å². The maximum atomic E-state index is 11.8. The zero-order valence-electron chi connectivity index (χ0n) is 13.9. The number of Topliss-reactive ketones (excluding diaryl/α,β-unsaturated/α-hetero) is 1. The fourth-order valence-corrected chi connectivity index (χ4v) is 2.70. The van der Waals surface area contributed by atoms with E-state index in [1.54, 1.807) is 32.9 Å². The number of ketones is 1. The maximum Gasteiger partial charge on any atom is 0.387 e. The summed E-state index contributed by atoms with van der Waals surface area (Å²) in [6, 6.07) is 4.88. The fourth-order valence-electron chi connectivity index (χ4n) is 2.22. The van der Waals surface area contributed by atoms with E-state index in [0.717, 1.165) is 4.47 Å². The van der Waals surface area contributed by atoms with Crippen LogP contribution in [0.2, 0.25) is 0 Å². The number of benzene rings is 1. The van der Waals surface area contributed by atoms with Crippen molar-refractivity contribution < 1.29 is 23.0 Å². The summed E-state index contributed by atoms with van der Waals surface area (Å²) >= 11 is 3.22. The fraction of sp³-hybridized carbons (Fsp3) is 0.471. The Morgan fingerprint density at radius 3 is 2.09 bits per heavy atom. The van der Waals surface area contributed by atoms with Crippen molar-refractivity contribution in [3.05, 3.63) is 40.4 Å². The lowest BCUT2D eigenvalue weighted by atomic mass is 9.94. The van der Waals surface area contributed by atoms with E-state index in [0.29, 0.717) is 11.1 Å². The Morgan fingerprint density at radius 2 is 1.78 bits per heavy atom. The minimum atomic E-state index is -2.76. The lowest BCUT2D eigenvalue weighted by Crippen LogP contribution is -2.29. The molecule has 0 atom stereocenters. The first-order valence-electron chi connectivity index (χ1n) is 7.02. The highest BCUT2D eigenvalue weighted by Gasteiger charge is 2.48. The topological polar surface area (TPSA) is 35.5 Å². The van der Waals surface area contributed by atoms with Gasteiger partial charge in [-0.3, -0.25) is 4.79 Å². The first-order valence-corrected chi connectivity index (χ1v) is 7.81. The van der Waals surface area contributed by atoms with Gasteiger partial charge >= 0.3 is 6.61 Å². The number of halogens is 3. The summed E-state index contributed by atoms with van der Waals surface area (Å²) < 4.78 is 34.1. The Kier molecular flexibility index (Phi) is 6.10. The van der Waals surface area contributed by atoms with E-state index in [1.165, 1.54) is 6.07 Å². The Labute approximate surface area is 143 Å². The zero-order chi connectivity index (χ0) is 18.0. The third kappa shape index (κ3) is 5.11. The number of hydrogen-bond acceptors (Lipinski definition) is 3. The first-order chi connectivity index (χ1) is 10.4. The van der Waals surface area contributed by atoms with E-state index in [9.17, 15) is 13.6 Å². The van der Waals surface area contributed by atoms with Crippen LogP contribution in [0.5, 0.6) is 5.75 Å². The van der Waals surface area contributed by atoms with Gasteiger partial charge in [0.15, 0.2) is 5.78 Å². The molecule has 128 valence electrons. The third-order valence-corrected chi connectivity index (χ3v) is 3.90. The van der Waals surface area contributed by atoms with Gasteiger partial charge in [-0.2, -0.15) is 8.78 Å². The summed E-state index contributed by atoms with van der Waals surface area (Å²) in [5.41, 5.74) is 0.0911. The van der Waals surface area contributed by atoms with Crippen molar-refractivity contribution in [2.75, 3.05) is 0 Å². The molecule has 1 aliphatic heterocycles. The van der Waals surface area contributed by atoms with E-state index in [-0.39, 0.29) is 11.5 Å². The Hall–Kier alpha value is -1.27. The number of aryl methyl sites for hydroxylation is 1. The third-order valence-electron chi connectivity index (χ3n) is 3.41. The molecular formula is C17H21BrF2O3. The lowest BCUT2D eigenvalue weighted by Gasteiger charge is -2.21. The average Bonchev–Trinajstić information content (AvgIpc) is 2.52. The highest BCUT2D eigenvalue weighted by atomic mass is 79.9. The van der Waals surface area contributed by atoms with Crippen molar-refractivity contribution in [1.29, 1.82) is 0 Å². The monoisotopic (exact) mass is 390 g/mol. The molecule has 0 saturated carbocycles. The number of carbonyl (C=O) groups is 1. The predicted octanol–water partition coefficient (Wildman–Crippen LogP) is 5.06. The van der Waals surface area contributed by atoms with Crippen LogP contribution in [0.1, 0.15) is 33.3 Å². The average molecular weight is 391 g/mol. The van der Waals surface area contributed by atoms with Gasteiger partial charge in [-0.15, -0.1) is 0 Å². The first kappa shape index (κ1) is 19.8. The van der Waals surface area contributed by atoms with E-state index in [1.807, 2.05) is 13.8 Å². The number of ether oxygens (including phenoxy) is 2. The quantitative estimate of drug-likeness (QED) is 0.662. The molecule has 0 spiro atoms. The molecule has 0 unspecified atom stereocenters. The second-order valence-electron chi connectivity index (χ2n) is 6.22. The van der Waals surface area contributed by atoms with Gasteiger partial charge in [0.05, 0.1) is 5.60 Å². The van der Waals surface area contributed by atoms with Gasteiger partial charge in [-0.25, -0.2) is 0 Å². The van der Waals surface area contributed by atoms with Crippen LogP contribution in [0, 0.1) is 6.92 Å². The molecule has 0 aliphatic carbocycles. The van der Waals surface area contributed by atoms with Crippen LogP contribution in [0.4, 0.5) is 8.78 Å². The van der Waals surface area contributed by atoms with Gasteiger partial charge in [-0.05, 0) is 58.4 Å². The summed E-state index contributed by atoms with van der Waals surface area (Å²) in [5.74, 6) is 0.232. The summed E-state index contributed by atoms with van der Waals surface area (Å²) in [6.07, 6.45) is 0. The molecule has 0 bridgehead atoms. The van der Waals surface area contributed by atoms with Crippen molar-refractivity contribution in [3.63, 3.8) is 0 Å². The number of hydrogen-bond donors (Lipinski definition) is 0. The summed E-state index contributed by atoms with van der Waals surface area (Å²) in [4.78, 5) is 11.4. The Morgan fingerprint density at radius 1 is 1.22 bits per heavy atom. The molecule has 1 aromatic carbocycles. The van der Waals surface area contributed by atoms with Crippen LogP contribution in [0.15, 0.2) is 34.8 Å². The molecule has 1 saturated heterocycles. The second-order valence-corrected chi connectivity index (χ2v) is 7.13. The highest BCUT2D eigenvalue weighted by molar-refractivity contribution is 9.10. The van der Waals surface area contributed by atoms with Gasteiger partial charge in [-0.1, -0.05) is 22.5 Å². The maximum absolute atomic E-state index is 11.8. The van der Waals surface area contributed by atoms with Crippen LogP contribution in [0.3, 0.4) is 0 Å². The van der Waals surface area contributed by atoms with Gasteiger partial charge in [0.2, 0.25) is 0 Å². The van der Waals surface area contributed by atoms with E-state index < -0.39 is 17.8 Å². The Balaban J connectivity index is 0.000000231. The lowest BCUT2D eigenvalue weighted by molar-refractivity contribution is -0.132. The molecule has 1 fully saturated rings. The molecular weight excluding hydrogens is 370 g/mol. The van der Waals surface area contributed by atoms with Gasteiger partial charge in [0, 0.05) is 10.0 Å². The van der Waals surface area contributed by atoms with Crippen molar-refractivity contribution in [1.82, 2.24) is 0 Å². The summed E-state index contributed by atoms with van der Waals surface area (Å²) in [5, 5.41) is 0. The molecule has 0 radical (unpaired) electrons. The van der Waals surface area contributed by atoms with Crippen molar-refractivity contribution in [2.24, 2.45) is 0 Å². The molecule has 6 heteroatoms. The SMILES string of the molecule is C=C1C(=O)C(C)(C)OC1(C)C.Cc1cc(Br)ccc1OC(F)F. The molecule has 0 amide bonds. The Bertz CT molecular complexity index is 586. The van der Waals surface area contributed by atoms with Gasteiger partial charge in [0.1, 0.15) is 11.4 Å². The van der Waals surface area contributed by atoms with Gasteiger partial charge < -0.3 is 9.47 Å². The van der Waals surface area contributed by atoms with E-state index >= 15 is 0 Å². The van der Waals surface area contributed by atoms with Crippen LogP contribution >= 0.6 is 15.9 Å². The van der Waals surface area contributed by atoms with Crippen LogP contribution in [-0.4, -0.2) is 23.6 Å². The van der Waals surface area contributed by atoms with Crippen LogP contribution in [0.25, 0.3) is 0 Å². The second kappa shape index (κ2) is 7.09. The summed E-state index contributed by atoms with van der Waals surface area (Å²) in [7, 11) is 0. The number of rotatable bonds is 2. The summed E-state index contributed by atoms with van der Waals surface area (Å²) in [6.45, 7) is 9.93. The molecule has 2 rings (SSSR count). The normalized spacial score (nSPS) is 18.7. The van der Waals surface area contributed by atoms with Crippen molar-refractivity contribution in [3.8, 4) is 5.75 Å². The van der Waals surface area contributed by atoms with E-state index in [4.69, 9.17) is 4.74 Å². The van der Waals surface area contributed by atoms with Crippen LogP contribution in [-0.2, 0) is 9.53 Å². The van der Waals surface area contributed by atoms with Crippen molar-refractivity contribution >= 4 is 21.7 Å². The number of carbonyl (C=O) groups excluding carboxylic acids is 1. The highest BCUT2D eigenvalue weighted by Crippen LogP contribution is 2.37. The standard InChI is InChI=1S/C9H14O2.C8H7BrF2O/c1-6-7(10)9(4,5)11-8(6,2)3;1-5-4-6(9)2-3-7(5)12-8(10)11/h1H2,2-5H3;2-4,8H,1H3. The molecule has 23 heavy (non-hydrogen) atoms. The predicted molar refractivity (Wildman–Crippen MR) is 88.9 cm³/mol. The molecule has 1 aromatic rings. The number of alkyl halides is 2. The molecule has 3 nitrogen and oxygen atoms in total. The smallest absolute Gasteiger partial charge is 0.387 e. The zero-order valence-corrected chi connectivity index (χ0v) is 15.5. The van der Waals surface area contributed by atoms with Crippen LogP contribution < -0.4 is 4.74 Å². The molecule has 1 aliphatic rings. The minimum absolute atomic E-state index is 0.0162. The molecule has 0 aromatic heterocycles.